The quantitative estimate of drug-likeness (QED) is 0.777. The van der Waals surface area contributed by atoms with Crippen molar-refractivity contribution >= 4 is 40.5 Å². The number of hydrogen-bond acceptors (Lipinski definition) is 4. The van der Waals surface area contributed by atoms with Gasteiger partial charge in [-0.05, 0) is 32.0 Å². The smallest absolute Gasteiger partial charge is 0.358 e. The number of nitrogens with zero attached hydrogens (tertiary/aromatic N) is 1. The van der Waals surface area contributed by atoms with Crippen molar-refractivity contribution < 1.29 is 9.53 Å². The highest BCUT2D eigenvalue weighted by Crippen LogP contribution is 2.34. The Morgan fingerprint density at radius 3 is 2.79 bits per heavy atom. The number of halogens is 2. The zero-order chi connectivity index (χ0) is 14.0. The van der Waals surface area contributed by atoms with Gasteiger partial charge >= 0.3 is 5.97 Å². The summed E-state index contributed by atoms with van der Waals surface area (Å²) >= 11 is 13.4. The van der Waals surface area contributed by atoms with Gasteiger partial charge in [-0.1, -0.05) is 23.2 Å². The van der Waals surface area contributed by atoms with Crippen molar-refractivity contribution in [2.75, 3.05) is 6.61 Å². The SMILES string of the molecule is CCOC(=O)c1nc(-c2ccc(Cl)cc2Cl)sc1C. The highest BCUT2D eigenvalue weighted by molar-refractivity contribution is 7.15. The van der Waals surface area contributed by atoms with E-state index in [1.807, 2.05) is 6.92 Å². The molecule has 0 aliphatic heterocycles. The molecule has 0 N–H and O–H groups in total. The molecule has 0 unspecified atom stereocenters. The van der Waals surface area contributed by atoms with Gasteiger partial charge in [-0.25, -0.2) is 9.78 Å². The van der Waals surface area contributed by atoms with Crippen molar-refractivity contribution in [1.82, 2.24) is 4.98 Å². The van der Waals surface area contributed by atoms with Crippen molar-refractivity contribution in [3.8, 4) is 10.6 Å². The van der Waals surface area contributed by atoms with Gasteiger partial charge in [0.2, 0.25) is 0 Å². The molecule has 1 aromatic carbocycles. The van der Waals surface area contributed by atoms with Gasteiger partial charge < -0.3 is 4.74 Å². The number of aryl methyl sites for hydroxylation is 1. The number of benzene rings is 1. The van der Waals surface area contributed by atoms with Crippen LogP contribution in [0.1, 0.15) is 22.3 Å². The predicted octanol–water partition coefficient (Wildman–Crippen LogP) is 4.60. The first-order chi connectivity index (χ1) is 9.02. The van der Waals surface area contributed by atoms with Crippen molar-refractivity contribution in [1.29, 1.82) is 0 Å². The van der Waals surface area contributed by atoms with E-state index < -0.39 is 5.97 Å². The molecular weight excluding hydrogens is 305 g/mol. The topological polar surface area (TPSA) is 39.2 Å². The Balaban J connectivity index is 2.42. The van der Waals surface area contributed by atoms with Gasteiger partial charge in [-0.2, -0.15) is 0 Å². The lowest BCUT2D eigenvalue weighted by atomic mass is 10.2. The van der Waals surface area contributed by atoms with Crippen molar-refractivity contribution in [2.45, 2.75) is 13.8 Å². The largest absolute Gasteiger partial charge is 0.461 e. The maximum atomic E-state index is 11.7. The number of thiazole rings is 1. The molecule has 3 nitrogen and oxygen atoms in total. The predicted molar refractivity (Wildman–Crippen MR) is 78.3 cm³/mol. The van der Waals surface area contributed by atoms with Crippen LogP contribution in [0, 0.1) is 6.92 Å². The normalized spacial score (nSPS) is 10.5. The Morgan fingerprint density at radius 1 is 1.42 bits per heavy atom. The Bertz CT molecular complexity index is 625. The maximum absolute atomic E-state index is 11.7. The molecule has 6 heteroatoms. The first-order valence-electron chi connectivity index (χ1n) is 5.63. The molecule has 1 aromatic heterocycles. The van der Waals surface area contributed by atoms with Crippen LogP contribution in [0.15, 0.2) is 18.2 Å². The van der Waals surface area contributed by atoms with E-state index in [-0.39, 0.29) is 0 Å². The molecule has 2 aromatic rings. The summed E-state index contributed by atoms with van der Waals surface area (Å²) in [6.45, 7) is 3.92. The molecule has 0 saturated heterocycles. The Morgan fingerprint density at radius 2 is 2.16 bits per heavy atom. The molecule has 0 amide bonds. The molecular formula is C13H11Cl2NO2S. The summed E-state index contributed by atoms with van der Waals surface area (Å²) in [5.41, 5.74) is 1.10. The fourth-order valence-corrected chi connectivity index (χ4v) is 3.06. The van der Waals surface area contributed by atoms with E-state index in [9.17, 15) is 4.79 Å². The molecule has 0 atom stereocenters. The van der Waals surface area contributed by atoms with Gasteiger partial charge in [0.1, 0.15) is 5.01 Å². The molecule has 0 radical (unpaired) electrons. The van der Waals surface area contributed by atoms with Gasteiger partial charge in [0, 0.05) is 15.5 Å². The van der Waals surface area contributed by atoms with E-state index in [4.69, 9.17) is 27.9 Å². The molecule has 0 aliphatic rings. The minimum Gasteiger partial charge on any atom is -0.461 e. The summed E-state index contributed by atoms with van der Waals surface area (Å²) in [6.07, 6.45) is 0. The molecule has 0 spiro atoms. The second-order valence-corrected chi connectivity index (χ2v) is 5.82. The third-order valence-corrected chi connectivity index (χ3v) is 3.98. The van der Waals surface area contributed by atoms with Crippen LogP contribution in [-0.2, 0) is 4.74 Å². The van der Waals surface area contributed by atoms with Gasteiger partial charge in [-0.3, -0.25) is 0 Å². The highest BCUT2D eigenvalue weighted by atomic mass is 35.5. The van der Waals surface area contributed by atoms with Crippen LogP contribution in [0.2, 0.25) is 10.0 Å². The Kier molecular flexibility index (Phi) is 4.45. The lowest BCUT2D eigenvalue weighted by Gasteiger charge is -2.00. The van der Waals surface area contributed by atoms with Crippen LogP contribution < -0.4 is 0 Å². The second-order valence-electron chi connectivity index (χ2n) is 3.77. The number of esters is 1. The van der Waals surface area contributed by atoms with Crippen molar-refractivity contribution in [2.24, 2.45) is 0 Å². The van der Waals surface area contributed by atoms with Crippen molar-refractivity contribution in [3.05, 3.63) is 38.8 Å². The Labute approximate surface area is 125 Å². The highest BCUT2D eigenvalue weighted by Gasteiger charge is 2.18. The summed E-state index contributed by atoms with van der Waals surface area (Å²) < 4.78 is 4.96. The molecule has 0 saturated carbocycles. The van der Waals surface area contributed by atoms with E-state index in [2.05, 4.69) is 4.98 Å². The minimum atomic E-state index is -0.410. The van der Waals surface area contributed by atoms with Gasteiger partial charge in [0.25, 0.3) is 0 Å². The van der Waals surface area contributed by atoms with E-state index in [0.717, 1.165) is 10.4 Å². The second kappa shape index (κ2) is 5.90. The van der Waals surface area contributed by atoms with Crippen LogP contribution in [0.3, 0.4) is 0 Å². The summed E-state index contributed by atoms with van der Waals surface area (Å²) in [7, 11) is 0. The summed E-state index contributed by atoms with van der Waals surface area (Å²) in [5.74, 6) is -0.410. The average molecular weight is 316 g/mol. The zero-order valence-electron chi connectivity index (χ0n) is 10.4. The first-order valence-corrected chi connectivity index (χ1v) is 7.20. The molecule has 2 rings (SSSR count). The molecule has 100 valence electrons. The summed E-state index contributed by atoms with van der Waals surface area (Å²) in [6, 6.07) is 5.18. The molecule has 0 aliphatic carbocycles. The van der Waals surface area contributed by atoms with E-state index in [0.29, 0.717) is 27.4 Å². The molecule has 0 fully saturated rings. The van der Waals surface area contributed by atoms with Crippen LogP contribution in [-0.4, -0.2) is 17.6 Å². The third-order valence-electron chi connectivity index (χ3n) is 2.43. The molecule has 0 bridgehead atoms. The third kappa shape index (κ3) is 3.08. The van der Waals surface area contributed by atoms with Gasteiger partial charge in [0.15, 0.2) is 5.69 Å². The zero-order valence-corrected chi connectivity index (χ0v) is 12.7. The van der Waals surface area contributed by atoms with Gasteiger partial charge in [0.05, 0.1) is 11.6 Å². The number of ether oxygens (including phenoxy) is 1. The Hall–Kier alpha value is -1.10. The van der Waals surface area contributed by atoms with Crippen LogP contribution in [0.25, 0.3) is 10.6 Å². The van der Waals surface area contributed by atoms with Crippen molar-refractivity contribution in [3.63, 3.8) is 0 Å². The monoisotopic (exact) mass is 315 g/mol. The van der Waals surface area contributed by atoms with Crippen LogP contribution in [0.4, 0.5) is 0 Å². The fraction of sp³-hybridized carbons (Fsp3) is 0.231. The first kappa shape index (κ1) is 14.3. The molecule has 19 heavy (non-hydrogen) atoms. The number of carbonyl (C=O) groups excluding carboxylic acids is 1. The van der Waals surface area contributed by atoms with Crippen LogP contribution >= 0.6 is 34.5 Å². The lowest BCUT2D eigenvalue weighted by molar-refractivity contribution is 0.0519. The number of hydrogen-bond donors (Lipinski definition) is 0. The number of carbonyl (C=O) groups is 1. The lowest BCUT2D eigenvalue weighted by Crippen LogP contribution is -2.06. The molecule has 1 heterocycles. The van der Waals surface area contributed by atoms with Gasteiger partial charge in [-0.15, -0.1) is 11.3 Å². The standard InChI is InChI=1S/C13H11Cl2NO2S/c1-3-18-13(17)11-7(2)19-12(16-11)9-5-4-8(14)6-10(9)15/h4-6H,3H2,1-2H3. The number of aromatic nitrogens is 1. The van der Waals surface area contributed by atoms with E-state index in [1.54, 1.807) is 25.1 Å². The summed E-state index contributed by atoms with van der Waals surface area (Å²) in [4.78, 5) is 16.8. The maximum Gasteiger partial charge on any atom is 0.358 e. The number of rotatable bonds is 3. The van der Waals surface area contributed by atoms with Crippen LogP contribution in [0.5, 0.6) is 0 Å². The van der Waals surface area contributed by atoms with E-state index in [1.165, 1.54) is 11.3 Å². The summed E-state index contributed by atoms with van der Waals surface area (Å²) in [5, 5.41) is 1.76. The average Bonchev–Trinajstić information content (AvgIpc) is 2.71. The van der Waals surface area contributed by atoms with E-state index >= 15 is 0 Å². The minimum absolute atomic E-state index is 0.326. The fourth-order valence-electron chi connectivity index (χ4n) is 1.56.